The lowest BCUT2D eigenvalue weighted by molar-refractivity contribution is -0.139. The molecule has 1 aliphatic rings. The lowest BCUT2D eigenvalue weighted by Crippen LogP contribution is -2.49. The molecule has 0 aliphatic carbocycles. The summed E-state index contributed by atoms with van der Waals surface area (Å²) < 4.78 is 5.33. The topological polar surface area (TPSA) is 66.8 Å². The molecule has 2 rings (SSSR count). The van der Waals surface area contributed by atoms with Crippen LogP contribution in [0.3, 0.4) is 0 Å². The van der Waals surface area contributed by atoms with E-state index in [1.165, 1.54) is 10.4 Å². The van der Waals surface area contributed by atoms with E-state index in [-0.39, 0.29) is 18.4 Å². The minimum absolute atomic E-state index is 0.0587. The molecular formula is C16H23NO4S. The summed E-state index contributed by atoms with van der Waals surface area (Å²) in [6.07, 6.45) is 2.89. The van der Waals surface area contributed by atoms with Crippen LogP contribution in [0.2, 0.25) is 0 Å². The van der Waals surface area contributed by atoms with E-state index in [1.807, 2.05) is 6.07 Å². The number of rotatable bonds is 6. The Balaban J connectivity index is 2.19. The minimum atomic E-state index is -0.902. The molecule has 122 valence electrons. The number of carboxylic acids is 1. The molecular weight excluding hydrogens is 302 g/mol. The van der Waals surface area contributed by atoms with E-state index in [4.69, 9.17) is 9.84 Å². The summed E-state index contributed by atoms with van der Waals surface area (Å²) >= 11 is 1.55. The Morgan fingerprint density at radius 1 is 1.45 bits per heavy atom. The van der Waals surface area contributed by atoms with Crippen LogP contribution in [0.5, 0.6) is 0 Å². The monoisotopic (exact) mass is 325 g/mol. The molecule has 1 atom stereocenters. The largest absolute Gasteiger partial charge is 0.481 e. The van der Waals surface area contributed by atoms with Crippen LogP contribution >= 0.6 is 11.3 Å². The van der Waals surface area contributed by atoms with Gasteiger partial charge in [0.1, 0.15) is 0 Å². The van der Waals surface area contributed by atoms with Gasteiger partial charge in [-0.25, -0.2) is 0 Å². The molecule has 1 aromatic heterocycles. The normalized spacial score (nSPS) is 18.5. The second kappa shape index (κ2) is 7.74. The average Bonchev–Trinajstić information content (AvgIpc) is 2.90. The summed E-state index contributed by atoms with van der Waals surface area (Å²) in [5.74, 6) is -0.961. The van der Waals surface area contributed by atoms with Crippen molar-refractivity contribution in [3.63, 3.8) is 0 Å². The molecule has 1 saturated heterocycles. The first-order valence-corrected chi connectivity index (χ1v) is 8.60. The van der Waals surface area contributed by atoms with Crippen molar-refractivity contribution in [3.05, 3.63) is 21.4 Å². The summed E-state index contributed by atoms with van der Waals surface area (Å²) in [4.78, 5) is 27.4. The van der Waals surface area contributed by atoms with Crippen LogP contribution in [0.25, 0.3) is 0 Å². The first kappa shape index (κ1) is 17.0. The lowest BCUT2D eigenvalue weighted by atomic mass is 10.1. The van der Waals surface area contributed by atoms with Gasteiger partial charge in [0.05, 0.1) is 30.6 Å². The predicted molar refractivity (Wildman–Crippen MR) is 85.6 cm³/mol. The summed E-state index contributed by atoms with van der Waals surface area (Å²) in [6, 6.07) is 1.60. The third-order valence-corrected chi connectivity index (χ3v) is 5.09. The highest BCUT2D eigenvalue weighted by molar-refractivity contribution is 7.14. The molecule has 1 aliphatic heterocycles. The Morgan fingerprint density at radius 2 is 2.23 bits per heavy atom. The minimum Gasteiger partial charge on any atom is -0.481 e. The maximum atomic E-state index is 12.8. The van der Waals surface area contributed by atoms with Crippen LogP contribution in [0, 0.1) is 0 Å². The van der Waals surface area contributed by atoms with Gasteiger partial charge in [0, 0.05) is 11.4 Å². The van der Waals surface area contributed by atoms with Crippen LogP contribution in [-0.4, -0.2) is 47.7 Å². The molecule has 0 aromatic carbocycles. The van der Waals surface area contributed by atoms with Gasteiger partial charge < -0.3 is 14.7 Å². The number of carbonyl (C=O) groups excluding carboxylic acids is 1. The smallest absolute Gasteiger partial charge is 0.305 e. The van der Waals surface area contributed by atoms with Crippen LogP contribution < -0.4 is 0 Å². The highest BCUT2D eigenvalue weighted by Crippen LogP contribution is 2.27. The molecule has 1 aromatic rings. The molecule has 0 saturated carbocycles. The molecule has 5 nitrogen and oxygen atoms in total. The van der Waals surface area contributed by atoms with Gasteiger partial charge in [0.25, 0.3) is 5.91 Å². The van der Waals surface area contributed by atoms with Crippen molar-refractivity contribution in [1.82, 2.24) is 4.90 Å². The number of morpholine rings is 1. The fourth-order valence-corrected chi connectivity index (χ4v) is 4.06. The van der Waals surface area contributed by atoms with Gasteiger partial charge in [-0.05, 0) is 24.5 Å². The van der Waals surface area contributed by atoms with E-state index < -0.39 is 5.97 Å². The molecule has 1 amide bonds. The number of nitrogens with zero attached hydrogens (tertiary/aromatic N) is 1. The quantitative estimate of drug-likeness (QED) is 0.873. The van der Waals surface area contributed by atoms with E-state index >= 15 is 0 Å². The van der Waals surface area contributed by atoms with Gasteiger partial charge in [0.15, 0.2) is 0 Å². The Labute approximate surface area is 134 Å². The van der Waals surface area contributed by atoms with Crippen molar-refractivity contribution in [2.75, 3.05) is 19.8 Å². The zero-order valence-corrected chi connectivity index (χ0v) is 13.9. The van der Waals surface area contributed by atoms with Gasteiger partial charge in [0.2, 0.25) is 0 Å². The number of hydrogen-bond donors (Lipinski definition) is 1. The van der Waals surface area contributed by atoms with Crippen molar-refractivity contribution in [2.45, 2.75) is 45.6 Å². The SMILES string of the molecule is CCCc1sc(C(=O)N2CCOCC2CC(=O)O)cc1CC. The molecule has 1 unspecified atom stereocenters. The van der Waals surface area contributed by atoms with Crippen molar-refractivity contribution >= 4 is 23.2 Å². The van der Waals surface area contributed by atoms with Gasteiger partial charge in [-0.1, -0.05) is 20.3 Å². The third-order valence-electron chi connectivity index (χ3n) is 3.86. The van der Waals surface area contributed by atoms with Crippen LogP contribution in [0.1, 0.15) is 46.8 Å². The van der Waals surface area contributed by atoms with E-state index in [1.54, 1.807) is 16.2 Å². The number of amides is 1. The molecule has 0 radical (unpaired) electrons. The number of thiophene rings is 1. The number of ether oxygens (including phenoxy) is 1. The Morgan fingerprint density at radius 3 is 2.86 bits per heavy atom. The van der Waals surface area contributed by atoms with Crippen molar-refractivity contribution < 1.29 is 19.4 Å². The van der Waals surface area contributed by atoms with E-state index in [2.05, 4.69) is 13.8 Å². The molecule has 0 bridgehead atoms. The van der Waals surface area contributed by atoms with Crippen molar-refractivity contribution in [2.24, 2.45) is 0 Å². The van der Waals surface area contributed by atoms with E-state index in [0.29, 0.717) is 19.8 Å². The number of carbonyl (C=O) groups is 2. The third kappa shape index (κ3) is 3.87. The zero-order chi connectivity index (χ0) is 16.1. The molecule has 6 heteroatoms. The first-order chi connectivity index (χ1) is 10.6. The Hall–Kier alpha value is -1.40. The van der Waals surface area contributed by atoms with Crippen LogP contribution in [0.15, 0.2) is 6.07 Å². The van der Waals surface area contributed by atoms with E-state index in [0.717, 1.165) is 24.1 Å². The van der Waals surface area contributed by atoms with Gasteiger partial charge in [-0.2, -0.15) is 0 Å². The van der Waals surface area contributed by atoms with Crippen molar-refractivity contribution in [3.8, 4) is 0 Å². The lowest BCUT2D eigenvalue weighted by Gasteiger charge is -2.34. The Bertz CT molecular complexity index is 540. The number of hydrogen-bond acceptors (Lipinski definition) is 4. The van der Waals surface area contributed by atoms with Crippen molar-refractivity contribution in [1.29, 1.82) is 0 Å². The van der Waals surface area contributed by atoms with Crippen LogP contribution in [0.4, 0.5) is 0 Å². The highest BCUT2D eigenvalue weighted by Gasteiger charge is 2.30. The maximum Gasteiger partial charge on any atom is 0.305 e. The summed E-state index contributed by atoms with van der Waals surface area (Å²) in [6.45, 7) is 5.45. The summed E-state index contributed by atoms with van der Waals surface area (Å²) in [7, 11) is 0. The molecule has 1 N–H and O–H groups in total. The zero-order valence-electron chi connectivity index (χ0n) is 13.1. The van der Waals surface area contributed by atoms with Gasteiger partial charge >= 0.3 is 5.97 Å². The van der Waals surface area contributed by atoms with Crippen LogP contribution in [-0.2, 0) is 22.4 Å². The molecule has 2 heterocycles. The standard InChI is InChI=1S/C16H23NO4S/c1-3-5-13-11(4-2)8-14(22-13)16(20)17-6-7-21-10-12(17)9-15(18)19/h8,12H,3-7,9-10H2,1-2H3,(H,18,19). The molecule has 22 heavy (non-hydrogen) atoms. The number of carboxylic acid groups (broad SMARTS) is 1. The highest BCUT2D eigenvalue weighted by atomic mass is 32.1. The second-order valence-corrected chi connectivity index (χ2v) is 6.62. The Kier molecular flexibility index (Phi) is 5.97. The predicted octanol–water partition coefficient (Wildman–Crippen LogP) is 2.58. The summed E-state index contributed by atoms with van der Waals surface area (Å²) in [5.41, 5.74) is 1.23. The molecule has 1 fully saturated rings. The fraction of sp³-hybridized carbons (Fsp3) is 0.625. The van der Waals surface area contributed by atoms with Gasteiger partial charge in [-0.15, -0.1) is 11.3 Å². The number of aliphatic carboxylic acids is 1. The molecule has 0 spiro atoms. The van der Waals surface area contributed by atoms with Gasteiger partial charge in [-0.3, -0.25) is 9.59 Å². The number of aryl methyl sites for hydroxylation is 2. The summed E-state index contributed by atoms with van der Waals surface area (Å²) in [5, 5.41) is 9.00. The van der Waals surface area contributed by atoms with E-state index in [9.17, 15) is 9.59 Å². The fourth-order valence-electron chi connectivity index (χ4n) is 2.74. The maximum absolute atomic E-state index is 12.8. The second-order valence-electron chi connectivity index (χ2n) is 5.49. The first-order valence-electron chi connectivity index (χ1n) is 7.78. The average molecular weight is 325 g/mol.